The minimum atomic E-state index is -0.330. The molecule has 0 spiro atoms. The topological polar surface area (TPSA) is 61.4 Å². The van der Waals surface area contributed by atoms with E-state index in [-0.39, 0.29) is 36.3 Å². The summed E-state index contributed by atoms with van der Waals surface area (Å²) in [4.78, 5) is 26.7. The van der Waals surface area contributed by atoms with Gasteiger partial charge in [0.25, 0.3) is 0 Å². The van der Waals surface area contributed by atoms with Crippen molar-refractivity contribution in [3.8, 4) is 0 Å². The molecule has 2 heterocycles. The number of rotatable bonds is 4. The van der Waals surface area contributed by atoms with Crippen LogP contribution in [-0.4, -0.2) is 41.4 Å². The third-order valence-corrected chi connectivity index (χ3v) is 5.07. The van der Waals surface area contributed by atoms with Gasteiger partial charge in [-0.25, -0.2) is 0 Å². The Balaban J connectivity index is 0.00000225. The lowest BCUT2D eigenvalue weighted by Crippen LogP contribution is -2.51. The molecule has 5 nitrogen and oxygen atoms in total. The smallest absolute Gasteiger partial charge is 0.243 e. The average Bonchev–Trinajstić information content (AvgIpc) is 2.91. The minimum Gasteiger partial charge on any atom is -0.351 e. The summed E-state index contributed by atoms with van der Waals surface area (Å²) in [5, 5.41) is 6.56. The van der Waals surface area contributed by atoms with E-state index in [4.69, 9.17) is 0 Å². The maximum Gasteiger partial charge on any atom is 0.243 e. The van der Waals surface area contributed by atoms with E-state index in [9.17, 15) is 9.59 Å². The lowest BCUT2D eigenvalue weighted by molar-refractivity contribution is -0.136. The van der Waals surface area contributed by atoms with Crippen LogP contribution < -0.4 is 10.6 Å². The number of benzene rings is 1. The molecule has 0 aliphatic carbocycles. The second-order valence-corrected chi connectivity index (χ2v) is 7.15. The molecular weight excluding hydrogens is 338 g/mol. The van der Waals surface area contributed by atoms with E-state index in [1.807, 2.05) is 31.2 Å². The van der Waals surface area contributed by atoms with Gasteiger partial charge in [0, 0.05) is 25.0 Å². The fourth-order valence-corrected chi connectivity index (χ4v) is 3.66. The van der Waals surface area contributed by atoms with Crippen molar-refractivity contribution in [2.75, 3.05) is 6.54 Å². The Morgan fingerprint density at radius 1 is 1.28 bits per heavy atom. The highest BCUT2D eigenvalue weighted by Crippen LogP contribution is 2.22. The SMILES string of the molecule is Cc1ccc(CN2C(=O)CCC2C(=O)NC2CCNC(C)C2)cc1.Cl. The van der Waals surface area contributed by atoms with Crippen molar-refractivity contribution in [2.24, 2.45) is 0 Å². The molecule has 2 aliphatic rings. The number of piperidine rings is 1. The summed E-state index contributed by atoms with van der Waals surface area (Å²) in [5.41, 5.74) is 2.27. The summed E-state index contributed by atoms with van der Waals surface area (Å²) < 4.78 is 0. The second-order valence-electron chi connectivity index (χ2n) is 7.15. The van der Waals surface area contributed by atoms with Gasteiger partial charge >= 0.3 is 0 Å². The number of hydrogen-bond acceptors (Lipinski definition) is 3. The first-order valence-electron chi connectivity index (χ1n) is 8.91. The van der Waals surface area contributed by atoms with Gasteiger partial charge in [-0.2, -0.15) is 0 Å². The Morgan fingerprint density at radius 2 is 2.00 bits per heavy atom. The highest BCUT2D eigenvalue weighted by molar-refractivity contribution is 5.91. The van der Waals surface area contributed by atoms with Crippen LogP contribution in [0.1, 0.15) is 43.7 Å². The Bertz CT molecular complexity index is 605. The van der Waals surface area contributed by atoms with Crippen molar-refractivity contribution in [3.63, 3.8) is 0 Å². The molecule has 0 radical (unpaired) electrons. The zero-order chi connectivity index (χ0) is 17.1. The molecule has 25 heavy (non-hydrogen) atoms. The molecule has 0 bridgehead atoms. The number of halogens is 1. The maximum absolute atomic E-state index is 12.7. The summed E-state index contributed by atoms with van der Waals surface area (Å²) in [7, 11) is 0. The molecular formula is C19H28ClN3O2. The molecule has 138 valence electrons. The van der Waals surface area contributed by atoms with Gasteiger partial charge in [-0.15, -0.1) is 12.4 Å². The number of nitrogens with zero attached hydrogens (tertiary/aromatic N) is 1. The van der Waals surface area contributed by atoms with Crippen molar-refractivity contribution < 1.29 is 9.59 Å². The monoisotopic (exact) mass is 365 g/mol. The zero-order valence-electron chi connectivity index (χ0n) is 15.0. The molecule has 2 aliphatic heterocycles. The van der Waals surface area contributed by atoms with E-state index in [1.54, 1.807) is 4.90 Å². The highest BCUT2D eigenvalue weighted by Gasteiger charge is 2.36. The lowest BCUT2D eigenvalue weighted by atomic mass is 10.00. The molecule has 3 rings (SSSR count). The van der Waals surface area contributed by atoms with Crippen LogP contribution in [0.4, 0.5) is 0 Å². The molecule has 1 aromatic carbocycles. The van der Waals surface area contributed by atoms with Crippen LogP contribution in [0.2, 0.25) is 0 Å². The number of likely N-dealkylation sites (tertiary alicyclic amines) is 1. The maximum atomic E-state index is 12.7. The predicted octanol–water partition coefficient (Wildman–Crippen LogP) is 2.16. The second kappa shape index (κ2) is 8.68. The molecule has 2 amide bonds. The summed E-state index contributed by atoms with van der Waals surface area (Å²) in [6.07, 6.45) is 2.99. The number of carbonyl (C=O) groups is 2. The van der Waals surface area contributed by atoms with Crippen LogP contribution in [0.3, 0.4) is 0 Å². The Kier molecular flexibility index (Phi) is 6.85. The van der Waals surface area contributed by atoms with E-state index in [2.05, 4.69) is 17.6 Å². The van der Waals surface area contributed by atoms with E-state index < -0.39 is 0 Å². The molecule has 6 heteroatoms. The zero-order valence-corrected chi connectivity index (χ0v) is 15.8. The number of carbonyl (C=O) groups excluding carboxylic acids is 2. The fourth-order valence-electron chi connectivity index (χ4n) is 3.66. The van der Waals surface area contributed by atoms with Crippen molar-refractivity contribution >= 4 is 24.2 Å². The first-order chi connectivity index (χ1) is 11.5. The third-order valence-electron chi connectivity index (χ3n) is 5.07. The van der Waals surface area contributed by atoms with Gasteiger partial charge in [0.1, 0.15) is 6.04 Å². The molecule has 0 aromatic heterocycles. The van der Waals surface area contributed by atoms with Crippen LogP contribution >= 0.6 is 12.4 Å². The highest BCUT2D eigenvalue weighted by atomic mass is 35.5. The molecule has 3 unspecified atom stereocenters. The van der Waals surface area contributed by atoms with E-state index in [1.165, 1.54) is 5.56 Å². The molecule has 2 N–H and O–H groups in total. The summed E-state index contributed by atoms with van der Waals surface area (Å²) >= 11 is 0. The Hall–Kier alpha value is -1.59. The van der Waals surface area contributed by atoms with E-state index in [0.29, 0.717) is 25.4 Å². The van der Waals surface area contributed by atoms with Gasteiger partial charge in [-0.05, 0) is 45.2 Å². The van der Waals surface area contributed by atoms with Gasteiger partial charge in [-0.1, -0.05) is 29.8 Å². The minimum absolute atomic E-state index is 0. The molecule has 1 aromatic rings. The lowest BCUT2D eigenvalue weighted by Gasteiger charge is -2.31. The van der Waals surface area contributed by atoms with Crippen molar-refractivity contribution in [1.29, 1.82) is 0 Å². The summed E-state index contributed by atoms with van der Waals surface area (Å²) in [6, 6.07) is 8.46. The molecule has 0 saturated carbocycles. The largest absolute Gasteiger partial charge is 0.351 e. The number of nitrogens with one attached hydrogen (secondary N) is 2. The predicted molar refractivity (Wildman–Crippen MR) is 101 cm³/mol. The van der Waals surface area contributed by atoms with Crippen LogP contribution in [0.15, 0.2) is 24.3 Å². The standard InChI is InChI=1S/C19H27N3O2.ClH/c1-13-3-5-15(6-4-13)12-22-17(7-8-18(22)23)19(24)21-16-9-10-20-14(2)11-16;/h3-6,14,16-17,20H,7-12H2,1-2H3,(H,21,24);1H. The van der Waals surface area contributed by atoms with Crippen LogP contribution in [0.5, 0.6) is 0 Å². The average molecular weight is 366 g/mol. The Labute approximate surface area is 155 Å². The number of hydrogen-bond donors (Lipinski definition) is 2. The summed E-state index contributed by atoms with van der Waals surface area (Å²) in [6.45, 7) is 5.63. The van der Waals surface area contributed by atoms with Gasteiger partial charge < -0.3 is 15.5 Å². The summed E-state index contributed by atoms with van der Waals surface area (Å²) in [5.74, 6) is 0.0847. The van der Waals surface area contributed by atoms with Crippen molar-refractivity contribution in [3.05, 3.63) is 35.4 Å². The van der Waals surface area contributed by atoms with E-state index >= 15 is 0 Å². The first kappa shape index (κ1) is 19.7. The van der Waals surface area contributed by atoms with Crippen LogP contribution in [-0.2, 0) is 16.1 Å². The van der Waals surface area contributed by atoms with Crippen LogP contribution in [0.25, 0.3) is 0 Å². The molecule has 3 atom stereocenters. The fraction of sp³-hybridized carbons (Fsp3) is 0.579. The molecule has 2 saturated heterocycles. The third kappa shape index (κ3) is 4.95. The quantitative estimate of drug-likeness (QED) is 0.859. The molecule has 2 fully saturated rings. The Morgan fingerprint density at radius 3 is 2.68 bits per heavy atom. The van der Waals surface area contributed by atoms with Gasteiger partial charge in [0.05, 0.1) is 0 Å². The van der Waals surface area contributed by atoms with E-state index in [0.717, 1.165) is 24.9 Å². The van der Waals surface area contributed by atoms with Crippen molar-refractivity contribution in [2.45, 2.75) is 64.2 Å². The van der Waals surface area contributed by atoms with Gasteiger partial charge in [-0.3, -0.25) is 9.59 Å². The van der Waals surface area contributed by atoms with Crippen LogP contribution in [0, 0.1) is 6.92 Å². The number of aryl methyl sites for hydroxylation is 1. The van der Waals surface area contributed by atoms with Gasteiger partial charge in [0.15, 0.2) is 0 Å². The normalized spacial score (nSPS) is 26.2. The number of amides is 2. The van der Waals surface area contributed by atoms with Crippen molar-refractivity contribution in [1.82, 2.24) is 15.5 Å². The first-order valence-corrected chi connectivity index (χ1v) is 8.91. The van der Waals surface area contributed by atoms with Gasteiger partial charge in [0.2, 0.25) is 11.8 Å².